The third-order valence-corrected chi connectivity index (χ3v) is 4.45. The molecule has 2 amide bonds. The Labute approximate surface area is 158 Å². The first-order chi connectivity index (χ1) is 12.9. The number of esters is 1. The Bertz CT molecular complexity index is 861. The van der Waals surface area contributed by atoms with Gasteiger partial charge in [-0.3, -0.25) is 14.4 Å². The minimum absolute atomic E-state index is 0.0895. The molecule has 1 saturated heterocycles. The Kier molecular flexibility index (Phi) is 5.54. The van der Waals surface area contributed by atoms with Crippen molar-refractivity contribution in [1.29, 1.82) is 0 Å². The highest BCUT2D eigenvalue weighted by atomic mass is 16.5. The van der Waals surface area contributed by atoms with Gasteiger partial charge in [0.1, 0.15) is 0 Å². The molecule has 140 valence electrons. The van der Waals surface area contributed by atoms with Crippen LogP contribution >= 0.6 is 0 Å². The van der Waals surface area contributed by atoms with Crippen molar-refractivity contribution in [2.75, 3.05) is 23.4 Å². The molecule has 2 aromatic rings. The number of nitrogens with one attached hydrogen (secondary N) is 1. The Morgan fingerprint density at radius 1 is 1.11 bits per heavy atom. The van der Waals surface area contributed by atoms with E-state index in [0.717, 1.165) is 16.8 Å². The van der Waals surface area contributed by atoms with Crippen LogP contribution in [-0.4, -0.2) is 30.9 Å². The summed E-state index contributed by atoms with van der Waals surface area (Å²) in [6.45, 7) is 3.78. The molecule has 1 fully saturated rings. The summed E-state index contributed by atoms with van der Waals surface area (Å²) in [6, 6.07) is 14.9. The van der Waals surface area contributed by atoms with E-state index in [-0.39, 0.29) is 25.5 Å². The molecule has 1 heterocycles. The zero-order valence-electron chi connectivity index (χ0n) is 15.4. The molecule has 0 unspecified atom stereocenters. The maximum Gasteiger partial charge on any atom is 0.311 e. The summed E-state index contributed by atoms with van der Waals surface area (Å²) >= 11 is 0. The van der Waals surface area contributed by atoms with Crippen LogP contribution in [0.2, 0.25) is 0 Å². The molecule has 6 heteroatoms. The van der Waals surface area contributed by atoms with Crippen LogP contribution in [0.25, 0.3) is 0 Å². The van der Waals surface area contributed by atoms with E-state index in [1.54, 1.807) is 11.0 Å². The fourth-order valence-electron chi connectivity index (χ4n) is 3.01. The molecule has 1 N–H and O–H groups in total. The van der Waals surface area contributed by atoms with E-state index in [2.05, 4.69) is 5.32 Å². The number of ether oxygens (including phenoxy) is 1. The van der Waals surface area contributed by atoms with Crippen LogP contribution in [0.3, 0.4) is 0 Å². The highest BCUT2D eigenvalue weighted by molar-refractivity contribution is 6.00. The van der Waals surface area contributed by atoms with Gasteiger partial charge in [0.15, 0.2) is 6.61 Å². The number of carbonyl (C=O) groups is 3. The summed E-state index contributed by atoms with van der Waals surface area (Å²) in [5.74, 6) is -1.62. The number of aryl methyl sites for hydroxylation is 2. The van der Waals surface area contributed by atoms with Crippen molar-refractivity contribution in [1.82, 2.24) is 0 Å². The van der Waals surface area contributed by atoms with E-state index in [0.29, 0.717) is 5.69 Å². The Morgan fingerprint density at radius 2 is 1.85 bits per heavy atom. The third kappa shape index (κ3) is 4.73. The standard InChI is InChI=1S/C21H22N2O4/c1-14-6-8-18(9-7-14)23-12-16(11-20(23)25)21(26)27-13-19(24)22-17-5-3-4-15(2)10-17/h3-10,16H,11-13H2,1-2H3,(H,22,24)/t16-/m1/s1. The molecule has 1 aliphatic heterocycles. The molecule has 6 nitrogen and oxygen atoms in total. The number of amides is 2. The quantitative estimate of drug-likeness (QED) is 0.826. The molecule has 0 radical (unpaired) electrons. The number of anilines is 2. The molecule has 1 aliphatic rings. The first kappa shape index (κ1) is 18.6. The summed E-state index contributed by atoms with van der Waals surface area (Å²) in [7, 11) is 0. The van der Waals surface area contributed by atoms with Crippen molar-refractivity contribution in [3.63, 3.8) is 0 Å². The summed E-state index contributed by atoms with van der Waals surface area (Å²) in [5, 5.41) is 2.68. The van der Waals surface area contributed by atoms with E-state index in [4.69, 9.17) is 4.74 Å². The summed E-state index contributed by atoms with van der Waals surface area (Å²) in [4.78, 5) is 38.0. The molecule has 0 spiro atoms. The van der Waals surface area contributed by atoms with Gasteiger partial charge >= 0.3 is 5.97 Å². The van der Waals surface area contributed by atoms with E-state index >= 15 is 0 Å². The maximum absolute atomic E-state index is 12.3. The van der Waals surface area contributed by atoms with Crippen LogP contribution in [-0.2, 0) is 19.1 Å². The van der Waals surface area contributed by atoms with Crippen molar-refractivity contribution in [3.05, 3.63) is 59.7 Å². The van der Waals surface area contributed by atoms with E-state index < -0.39 is 17.8 Å². The van der Waals surface area contributed by atoms with Crippen LogP contribution in [0.4, 0.5) is 11.4 Å². The van der Waals surface area contributed by atoms with Crippen molar-refractivity contribution in [2.24, 2.45) is 5.92 Å². The van der Waals surface area contributed by atoms with Gasteiger partial charge in [-0.1, -0.05) is 29.8 Å². The van der Waals surface area contributed by atoms with Gasteiger partial charge in [-0.2, -0.15) is 0 Å². The van der Waals surface area contributed by atoms with Gasteiger partial charge in [0, 0.05) is 24.3 Å². The topological polar surface area (TPSA) is 75.7 Å². The monoisotopic (exact) mass is 366 g/mol. The van der Waals surface area contributed by atoms with Gasteiger partial charge in [-0.25, -0.2) is 0 Å². The minimum Gasteiger partial charge on any atom is -0.455 e. The highest BCUT2D eigenvalue weighted by Gasteiger charge is 2.36. The van der Waals surface area contributed by atoms with Crippen molar-refractivity contribution in [3.8, 4) is 0 Å². The Morgan fingerprint density at radius 3 is 2.56 bits per heavy atom. The van der Waals surface area contributed by atoms with Gasteiger partial charge in [0.05, 0.1) is 5.92 Å². The fourth-order valence-corrected chi connectivity index (χ4v) is 3.01. The average molecular weight is 366 g/mol. The molecule has 2 aromatic carbocycles. The van der Waals surface area contributed by atoms with Crippen LogP contribution in [0, 0.1) is 19.8 Å². The summed E-state index contributed by atoms with van der Waals surface area (Å²) in [6.07, 6.45) is 0.0895. The average Bonchev–Trinajstić information content (AvgIpc) is 3.02. The molecular formula is C21H22N2O4. The smallest absolute Gasteiger partial charge is 0.311 e. The molecule has 3 rings (SSSR count). The van der Waals surface area contributed by atoms with Crippen LogP contribution in [0.5, 0.6) is 0 Å². The van der Waals surface area contributed by atoms with E-state index in [1.807, 2.05) is 56.3 Å². The molecule has 0 aliphatic carbocycles. The van der Waals surface area contributed by atoms with Gasteiger partial charge in [0.2, 0.25) is 5.91 Å². The van der Waals surface area contributed by atoms with Gasteiger partial charge in [-0.15, -0.1) is 0 Å². The van der Waals surface area contributed by atoms with E-state index in [1.165, 1.54) is 0 Å². The molecule has 0 aromatic heterocycles. The molecule has 0 saturated carbocycles. The lowest BCUT2D eigenvalue weighted by Gasteiger charge is -2.16. The number of hydrogen-bond donors (Lipinski definition) is 1. The molecule has 27 heavy (non-hydrogen) atoms. The van der Waals surface area contributed by atoms with Crippen LogP contribution < -0.4 is 10.2 Å². The molecular weight excluding hydrogens is 344 g/mol. The van der Waals surface area contributed by atoms with E-state index in [9.17, 15) is 14.4 Å². The SMILES string of the molecule is Cc1ccc(N2C[C@H](C(=O)OCC(=O)Nc3cccc(C)c3)CC2=O)cc1. The summed E-state index contributed by atoms with van der Waals surface area (Å²) < 4.78 is 5.11. The lowest BCUT2D eigenvalue weighted by Crippen LogP contribution is -2.28. The highest BCUT2D eigenvalue weighted by Crippen LogP contribution is 2.26. The normalized spacial score (nSPS) is 16.3. The van der Waals surface area contributed by atoms with Crippen molar-refractivity contribution in [2.45, 2.75) is 20.3 Å². The number of benzene rings is 2. The first-order valence-electron chi connectivity index (χ1n) is 8.82. The van der Waals surface area contributed by atoms with Crippen LogP contribution in [0.1, 0.15) is 17.5 Å². The van der Waals surface area contributed by atoms with Gasteiger partial charge < -0.3 is 15.0 Å². The second kappa shape index (κ2) is 8.03. The predicted molar refractivity (Wildman–Crippen MR) is 102 cm³/mol. The van der Waals surface area contributed by atoms with Crippen molar-refractivity contribution < 1.29 is 19.1 Å². The zero-order valence-corrected chi connectivity index (χ0v) is 15.4. The summed E-state index contributed by atoms with van der Waals surface area (Å²) in [5.41, 5.74) is 3.53. The second-order valence-electron chi connectivity index (χ2n) is 6.77. The maximum atomic E-state index is 12.3. The number of rotatable bonds is 5. The fraction of sp³-hybridized carbons (Fsp3) is 0.286. The zero-order chi connectivity index (χ0) is 19.4. The van der Waals surface area contributed by atoms with Gasteiger partial charge in [-0.05, 0) is 43.7 Å². The second-order valence-corrected chi connectivity index (χ2v) is 6.77. The minimum atomic E-state index is -0.564. The number of hydrogen-bond acceptors (Lipinski definition) is 4. The molecule has 1 atom stereocenters. The lowest BCUT2D eigenvalue weighted by atomic mass is 10.1. The molecule has 0 bridgehead atoms. The third-order valence-electron chi connectivity index (χ3n) is 4.45. The first-order valence-corrected chi connectivity index (χ1v) is 8.82. The number of nitrogens with zero attached hydrogens (tertiary/aromatic N) is 1. The Hall–Kier alpha value is -3.15. The van der Waals surface area contributed by atoms with Gasteiger partial charge in [0.25, 0.3) is 5.91 Å². The van der Waals surface area contributed by atoms with Crippen molar-refractivity contribution >= 4 is 29.2 Å². The lowest BCUT2D eigenvalue weighted by molar-refractivity contribution is -0.151. The number of carbonyl (C=O) groups excluding carboxylic acids is 3. The Balaban J connectivity index is 1.52. The largest absolute Gasteiger partial charge is 0.455 e. The van der Waals surface area contributed by atoms with Crippen LogP contribution in [0.15, 0.2) is 48.5 Å². The predicted octanol–water partition coefficient (Wildman–Crippen LogP) is 2.84.